The summed E-state index contributed by atoms with van der Waals surface area (Å²) < 4.78 is 5.15. The van der Waals surface area contributed by atoms with Crippen LogP contribution in [0.5, 0.6) is 5.75 Å². The lowest BCUT2D eigenvalue weighted by Gasteiger charge is -2.24. The van der Waals surface area contributed by atoms with E-state index in [1.54, 1.807) is 18.2 Å². The molecule has 20 heavy (non-hydrogen) atoms. The minimum Gasteiger partial charge on any atom is -0.495 e. The molecule has 1 N–H and O–H groups in total. The Hall–Kier alpha value is -1.75. The molecule has 0 aliphatic carbocycles. The normalized spacial score (nSPS) is 10.3. The molecule has 1 rings (SSSR count). The van der Waals surface area contributed by atoms with Gasteiger partial charge in [-0.2, -0.15) is 0 Å². The van der Waals surface area contributed by atoms with Gasteiger partial charge in [-0.05, 0) is 32.0 Å². The zero-order valence-corrected chi connectivity index (χ0v) is 12.8. The van der Waals surface area contributed by atoms with Crippen LogP contribution < -0.4 is 10.1 Å². The van der Waals surface area contributed by atoms with E-state index in [1.807, 2.05) is 13.8 Å². The molecule has 0 radical (unpaired) electrons. The number of halogens is 1. The van der Waals surface area contributed by atoms with Gasteiger partial charge >= 0.3 is 0 Å². The summed E-state index contributed by atoms with van der Waals surface area (Å²) in [6, 6.07) is 4.90. The third-order valence-corrected chi connectivity index (χ3v) is 3.01. The Morgan fingerprint density at radius 3 is 2.55 bits per heavy atom. The van der Waals surface area contributed by atoms with E-state index < -0.39 is 0 Å². The van der Waals surface area contributed by atoms with Crippen LogP contribution in [0.15, 0.2) is 18.2 Å². The maximum Gasteiger partial charge on any atom is 0.244 e. The summed E-state index contributed by atoms with van der Waals surface area (Å²) in [5.41, 5.74) is 0.484. The Labute approximate surface area is 123 Å². The fraction of sp³-hybridized carbons (Fsp3) is 0.429. The first-order valence-corrected chi connectivity index (χ1v) is 6.63. The van der Waals surface area contributed by atoms with Gasteiger partial charge in [0.25, 0.3) is 0 Å². The number of amides is 2. The Kier molecular flexibility index (Phi) is 5.82. The van der Waals surface area contributed by atoms with Gasteiger partial charge in [0.2, 0.25) is 11.8 Å². The molecule has 0 atom stereocenters. The fourth-order valence-corrected chi connectivity index (χ4v) is 1.95. The molecule has 0 unspecified atom stereocenters. The summed E-state index contributed by atoms with van der Waals surface area (Å²) in [7, 11) is 1.51. The molecule has 0 aromatic heterocycles. The summed E-state index contributed by atoms with van der Waals surface area (Å²) >= 11 is 5.89. The van der Waals surface area contributed by atoms with Crippen molar-refractivity contribution in [3.63, 3.8) is 0 Å². The number of benzene rings is 1. The van der Waals surface area contributed by atoms with Crippen LogP contribution in [0.25, 0.3) is 0 Å². The third kappa shape index (κ3) is 4.42. The van der Waals surface area contributed by atoms with Gasteiger partial charge in [-0.25, -0.2) is 0 Å². The number of hydrogen-bond acceptors (Lipinski definition) is 3. The smallest absolute Gasteiger partial charge is 0.244 e. The summed E-state index contributed by atoms with van der Waals surface area (Å²) in [4.78, 5) is 24.9. The molecule has 5 nitrogen and oxygen atoms in total. The van der Waals surface area contributed by atoms with Crippen LogP contribution in [-0.2, 0) is 9.59 Å². The lowest BCUT2D eigenvalue weighted by Crippen LogP contribution is -2.41. The van der Waals surface area contributed by atoms with Crippen molar-refractivity contribution in [3.8, 4) is 5.75 Å². The first-order chi connectivity index (χ1) is 9.35. The number of carbonyl (C=O) groups excluding carboxylic acids is 2. The third-order valence-electron chi connectivity index (χ3n) is 2.78. The topological polar surface area (TPSA) is 58.6 Å². The monoisotopic (exact) mass is 298 g/mol. The van der Waals surface area contributed by atoms with Gasteiger partial charge in [-0.1, -0.05) is 11.6 Å². The summed E-state index contributed by atoms with van der Waals surface area (Å²) in [6.07, 6.45) is 0. The second-order valence-corrected chi connectivity index (χ2v) is 5.07. The number of carbonyl (C=O) groups is 2. The molecular formula is C14H19ClN2O3. The van der Waals surface area contributed by atoms with Crippen molar-refractivity contribution >= 4 is 29.1 Å². The van der Waals surface area contributed by atoms with E-state index in [4.69, 9.17) is 16.3 Å². The molecule has 1 aromatic carbocycles. The fourth-order valence-electron chi connectivity index (χ4n) is 1.78. The number of rotatable bonds is 5. The molecule has 0 bridgehead atoms. The molecule has 0 fully saturated rings. The molecule has 0 spiro atoms. The Bertz CT molecular complexity index is 503. The number of methoxy groups -OCH3 is 1. The number of hydrogen-bond donors (Lipinski definition) is 1. The van der Waals surface area contributed by atoms with Crippen molar-refractivity contribution in [2.45, 2.75) is 26.8 Å². The lowest BCUT2D eigenvalue weighted by atomic mass is 10.2. The van der Waals surface area contributed by atoms with Crippen molar-refractivity contribution in [2.24, 2.45) is 0 Å². The average molecular weight is 299 g/mol. The molecule has 1 aromatic rings. The SMILES string of the molecule is COc1ccc(Cl)cc1NC(=O)CN(C(C)=O)C(C)C. The van der Waals surface area contributed by atoms with Crippen molar-refractivity contribution in [2.75, 3.05) is 19.0 Å². The molecule has 0 heterocycles. The molecule has 6 heteroatoms. The van der Waals surface area contributed by atoms with E-state index in [2.05, 4.69) is 5.32 Å². The highest BCUT2D eigenvalue weighted by atomic mass is 35.5. The number of nitrogens with zero attached hydrogens (tertiary/aromatic N) is 1. The van der Waals surface area contributed by atoms with E-state index in [9.17, 15) is 9.59 Å². The Morgan fingerprint density at radius 2 is 2.05 bits per heavy atom. The van der Waals surface area contributed by atoms with Crippen molar-refractivity contribution < 1.29 is 14.3 Å². The average Bonchev–Trinajstić information content (AvgIpc) is 2.35. The predicted octanol–water partition coefficient (Wildman–Crippen LogP) is 2.54. The van der Waals surface area contributed by atoms with Gasteiger partial charge < -0.3 is 15.0 Å². The maximum atomic E-state index is 12.0. The van der Waals surface area contributed by atoms with E-state index in [0.29, 0.717) is 16.5 Å². The van der Waals surface area contributed by atoms with Crippen molar-refractivity contribution in [3.05, 3.63) is 23.2 Å². The quantitative estimate of drug-likeness (QED) is 0.909. The highest BCUT2D eigenvalue weighted by molar-refractivity contribution is 6.31. The minimum atomic E-state index is -0.297. The van der Waals surface area contributed by atoms with E-state index in [1.165, 1.54) is 18.9 Å². The van der Waals surface area contributed by atoms with Crippen LogP contribution in [0, 0.1) is 0 Å². The van der Waals surface area contributed by atoms with Crippen LogP contribution in [0.3, 0.4) is 0 Å². The number of ether oxygens (including phenoxy) is 1. The van der Waals surface area contributed by atoms with Crippen molar-refractivity contribution in [1.82, 2.24) is 4.90 Å². The van der Waals surface area contributed by atoms with Crippen LogP contribution in [-0.4, -0.2) is 36.4 Å². The van der Waals surface area contributed by atoms with Gasteiger partial charge in [-0.15, -0.1) is 0 Å². The molecule has 0 saturated carbocycles. The van der Waals surface area contributed by atoms with Crippen LogP contribution in [0.1, 0.15) is 20.8 Å². The first kappa shape index (κ1) is 16.3. The van der Waals surface area contributed by atoms with Gasteiger partial charge in [0.15, 0.2) is 0 Å². The highest BCUT2D eigenvalue weighted by Gasteiger charge is 2.17. The second kappa shape index (κ2) is 7.14. The predicted molar refractivity (Wildman–Crippen MR) is 79.2 cm³/mol. The highest BCUT2D eigenvalue weighted by Crippen LogP contribution is 2.27. The van der Waals surface area contributed by atoms with Crippen LogP contribution in [0.4, 0.5) is 5.69 Å². The second-order valence-electron chi connectivity index (χ2n) is 4.63. The van der Waals surface area contributed by atoms with Gasteiger partial charge in [0.1, 0.15) is 12.3 Å². The van der Waals surface area contributed by atoms with E-state index >= 15 is 0 Å². The lowest BCUT2D eigenvalue weighted by molar-refractivity contribution is -0.134. The van der Waals surface area contributed by atoms with Gasteiger partial charge in [0, 0.05) is 18.0 Å². The summed E-state index contributed by atoms with van der Waals surface area (Å²) in [5, 5.41) is 3.19. The molecule has 2 amide bonds. The maximum absolute atomic E-state index is 12.0. The zero-order chi connectivity index (χ0) is 15.3. The number of nitrogens with one attached hydrogen (secondary N) is 1. The minimum absolute atomic E-state index is 0.0112. The molecule has 110 valence electrons. The van der Waals surface area contributed by atoms with Crippen LogP contribution >= 0.6 is 11.6 Å². The van der Waals surface area contributed by atoms with E-state index in [0.717, 1.165) is 0 Å². The zero-order valence-electron chi connectivity index (χ0n) is 12.1. The Morgan fingerprint density at radius 1 is 1.40 bits per heavy atom. The number of anilines is 1. The Balaban J connectivity index is 2.80. The largest absolute Gasteiger partial charge is 0.495 e. The van der Waals surface area contributed by atoms with Gasteiger partial charge in [0.05, 0.1) is 12.8 Å². The standard InChI is InChI=1S/C14H19ClN2O3/c1-9(2)17(10(3)18)8-14(19)16-12-7-11(15)5-6-13(12)20-4/h5-7,9H,8H2,1-4H3,(H,16,19). The van der Waals surface area contributed by atoms with Crippen molar-refractivity contribution in [1.29, 1.82) is 0 Å². The molecule has 0 aliphatic heterocycles. The van der Waals surface area contributed by atoms with Gasteiger partial charge in [-0.3, -0.25) is 9.59 Å². The molecule has 0 aliphatic rings. The molecule has 0 saturated heterocycles. The summed E-state index contributed by atoms with van der Waals surface area (Å²) in [6.45, 7) is 5.14. The molecular weight excluding hydrogens is 280 g/mol. The first-order valence-electron chi connectivity index (χ1n) is 6.25. The summed E-state index contributed by atoms with van der Waals surface area (Å²) in [5.74, 6) is 0.0735. The van der Waals surface area contributed by atoms with E-state index in [-0.39, 0.29) is 24.4 Å². The van der Waals surface area contributed by atoms with Crippen LogP contribution in [0.2, 0.25) is 5.02 Å².